The van der Waals surface area contributed by atoms with Gasteiger partial charge in [-0.15, -0.1) is 0 Å². The number of rotatable bonds is 3. The number of benzene rings is 2. The molecule has 0 fully saturated rings. The fraction of sp³-hybridized carbons (Fsp3) is 0.381. The molecule has 27 heavy (non-hydrogen) atoms. The first kappa shape index (κ1) is 19.4. The van der Waals surface area contributed by atoms with Gasteiger partial charge in [0.2, 0.25) is 5.91 Å². The lowest BCUT2D eigenvalue weighted by Crippen LogP contribution is -2.25. The van der Waals surface area contributed by atoms with Crippen LogP contribution in [0.5, 0.6) is 0 Å². The number of amides is 1. The van der Waals surface area contributed by atoms with Crippen LogP contribution < -0.4 is 9.62 Å². The maximum Gasteiger partial charge on any atom is 0.262 e. The number of hydrogen-bond acceptors (Lipinski definition) is 3. The van der Waals surface area contributed by atoms with Gasteiger partial charge in [-0.1, -0.05) is 6.07 Å². The predicted octanol–water partition coefficient (Wildman–Crippen LogP) is 3.94. The Morgan fingerprint density at radius 1 is 0.963 bits per heavy atom. The topological polar surface area (TPSA) is 66.5 Å². The number of sulfonamides is 1. The van der Waals surface area contributed by atoms with Crippen molar-refractivity contribution < 1.29 is 13.2 Å². The molecular formula is C21H26N2O3S. The van der Waals surface area contributed by atoms with Gasteiger partial charge in [0.25, 0.3) is 10.0 Å². The van der Waals surface area contributed by atoms with Crippen molar-refractivity contribution in [1.29, 1.82) is 0 Å². The first-order valence-electron chi connectivity index (χ1n) is 9.05. The molecule has 0 saturated heterocycles. The van der Waals surface area contributed by atoms with Crippen molar-refractivity contribution in [2.45, 2.75) is 52.9 Å². The van der Waals surface area contributed by atoms with E-state index in [-0.39, 0.29) is 5.91 Å². The third kappa shape index (κ3) is 3.23. The van der Waals surface area contributed by atoms with Crippen LogP contribution in [-0.4, -0.2) is 20.9 Å². The molecule has 0 unspecified atom stereocenters. The molecule has 0 atom stereocenters. The minimum atomic E-state index is -3.75. The van der Waals surface area contributed by atoms with E-state index >= 15 is 0 Å². The lowest BCUT2D eigenvalue weighted by Gasteiger charge is -2.20. The normalized spacial score (nSPS) is 13.6. The number of fused-ring (bicyclic) bond motifs is 1. The summed E-state index contributed by atoms with van der Waals surface area (Å²) >= 11 is 0. The average Bonchev–Trinajstić information content (AvgIpc) is 3.01. The van der Waals surface area contributed by atoms with Crippen LogP contribution in [0.25, 0.3) is 0 Å². The number of anilines is 2. The Balaban J connectivity index is 2.05. The number of carbonyl (C=O) groups excluding carboxylic acids is 1. The molecule has 1 aliphatic heterocycles. The highest BCUT2D eigenvalue weighted by Crippen LogP contribution is 2.34. The van der Waals surface area contributed by atoms with E-state index in [1.807, 2.05) is 40.7 Å². The summed E-state index contributed by atoms with van der Waals surface area (Å²) in [5.41, 5.74) is 6.97. The van der Waals surface area contributed by atoms with E-state index in [0.29, 0.717) is 17.1 Å². The van der Waals surface area contributed by atoms with E-state index in [1.54, 1.807) is 17.0 Å². The van der Waals surface area contributed by atoms with Crippen molar-refractivity contribution in [1.82, 2.24) is 0 Å². The number of nitrogens with zero attached hydrogens (tertiary/aromatic N) is 1. The minimum Gasteiger partial charge on any atom is -0.312 e. The fourth-order valence-electron chi connectivity index (χ4n) is 3.84. The van der Waals surface area contributed by atoms with E-state index in [4.69, 9.17) is 0 Å². The van der Waals surface area contributed by atoms with Crippen molar-refractivity contribution in [3.63, 3.8) is 0 Å². The van der Waals surface area contributed by atoms with Gasteiger partial charge in [0.05, 0.1) is 10.6 Å². The Morgan fingerprint density at radius 2 is 1.52 bits per heavy atom. The summed E-state index contributed by atoms with van der Waals surface area (Å²) in [7, 11) is -3.75. The summed E-state index contributed by atoms with van der Waals surface area (Å²) in [6.45, 7) is 11.8. The summed E-state index contributed by atoms with van der Waals surface area (Å²) in [6.07, 6.45) is 0.788. The molecule has 1 heterocycles. The number of hydrogen-bond donors (Lipinski definition) is 1. The zero-order valence-corrected chi connectivity index (χ0v) is 17.5. The van der Waals surface area contributed by atoms with Crippen LogP contribution >= 0.6 is 0 Å². The van der Waals surface area contributed by atoms with Crippen LogP contribution in [0, 0.1) is 34.6 Å². The molecule has 2 aromatic rings. The molecule has 6 heteroatoms. The second-order valence-electron chi connectivity index (χ2n) is 7.32. The number of carbonyl (C=O) groups is 1. The molecule has 5 nitrogen and oxygen atoms in total. The van der Waals surface area contributed by atoms with Crippen molar-refractivity contribution in [2.24, 2.45) is 0 Å². The SMILES string of the molecule is CC(=O)N1CCc2ccc(NS(=O)(=O)c3c(C)c(C)c(C)c(C)c3C)cc21. The molecule has 1 amide bonds. The molecule has 0 saturated carbocycles. The molecule has 144 valence electrons. The lowest BCUT2D eigenvalue weighted by atomic mass is 9.95. The highest BCUT2D eigenvalue weighted by atomic mass is 32.2. The first-order chi connectivity index (χ1) is 12.5. The number of nitrogens with one attached hydrogen (secondary N) is 1. The van der Waals surface area contributed by atoms with Crippen LogP contribution in [0.4, 0.5) is 11.4 Å². The van der Waals surface area contributed by atoms with Gasteiger partial charge in [-0.05, 0) is 86.6 Å². The highest BCUT2D eigenvalue weighted by molar-refractivity contribution is 7.92. The minimum absolute atomic E-state index is 0.0368. The third-order valence-electron chi connectivity index (χ3n) is 5.81. The zero-order chi connectivity index (χ0) is 20.1. The Kier molecular flexibility index (Phi) is 4.80. The van der Waals surface area contributed by atoms with Gasteiger partial charge in [0.1, 0.15) is 0 Å². The molecule has 0 radical (unpaired) electrons. The van der Waals surface area contributed by atoms with Crippen molar-refractivity contribution in [3.05, 3.63) is 51.6 Å². The van der Waals surface area contributed by atoms with Crippen molar-refractivity contribution in [3.8, 4) is 0 Å². The van der Waals surface area contributed by atoms with Crippen LogP contribution in [0.15, 0.2) is 23.1 Å². The molecule has 3 rings (SSSR count). The Hall–Kier alpha value is -2.34. The smallest absolute Gasteiger partial charge is 0.262 e. The summed E-state index contributed by atoms with van der Waals surface area (Å²) < 4.78 is 29.1. The van der Waals surface area contributed by atoms with Gasteiger partial charge in [-0.25, -0.2) is 8.42 Å². The molecule has 0 aromatic heterocycles. The molecule has 1 N–H and O–H groups in total. The zero-order valence-electron chi connectivity index (χ0n) is 16.7. The van der Waals surface area contributed by atoms with Gasteiger partial charge in [0, 0.05) is 19.2 Å². The van der Waals surface area contributed by atoms with E-state index in [9.17, 15) is 13.2 Å². The second-order valence-corrected chi connectivity index (χ2v) is 8.94. The lowest BCUT2D eigenvalue weighted by molar-refractivity contribution is -0.116. The van der Waals surface area contributed by atoms with Crippen LogP contribution in [0.3, 0.4) is 0 Å². The van der Waals surface area contributed by atoms with E-state index in [0.717, 1.165) is 45.5 Å². The summed E-state index contributed by atoms with van der Waals surface area (Å²) in [4.78, 5) is 13.8. The third-order valence-corrected chi connectivity index (χ3v) is 7.47. The fourth-order valence-corrected chi connectivity index (χ4v) is 5.50. The highest BCUT2D eigenvalue weighted by Gasteiger charge is 2.26. The van der Waals surface area contributed by atoms with Crippen LogP contribution in [0.2, 0.25) is 0 Å². The Labute approximate surface area is 161 Å². The van der Waals surface area contributed by atoms with Gasteiger partial charge < -0.3 is 4.90 Å². The molecule has 1 aliphatic rings. The maximum absolute atomic E-state index is 13.2. The molecule has 0 spiro atoms. The molecule has 0 aliphatic carbocycles. The van der Waals surface area contributed by atoms with Gasteiger partial charge in [0.15, 0.2) is 0 Å². The van der Waals surface area contributed by atoms with E-state index < -0.39 is 10.0 Å². The monoisotopic (exact) mass is 386 g/mol. The molecule has 0 bridgehead atoms. The van der Waals surface area contributed by atoms with Gasteiger partial charge >= 0.3 is 0 Å². The second kappa shape index (κ2) is 6.68. The van der Waals surface area contributed by atoms with Gasteiger partial charge in [-0.3, -0.25) is 9.52 Å². The van der Waals surface area contributed by atoms with Crippen molar-refractivity contribution in [2.75, 3.05) is 16.2 Å². The summed E-state index contributed by atoms with van der Waals surface area (Å²) in [5, 5.41) is 0. The largest absolute Gasteiger partial charge is 0.312 e. The Morgan fingerprint density at radius 3 is 2.07 bits per heavy atom. The standard InChI is InChI=1S/C21H26N2O3S/c1-12-13(2)15(4)21(16(5)14(12)3)27(25,26)22-19-8-7-18-9-10-23(17(6)24)20(18)11-19/h7-8,11,22H,9-10H2,1-6H3. The molecular weight excluding hydrogens is 360 g/mol. The maximum atomic E-state index is 13.2. The summed E-state index contributed by atoms with van der Waals surface area (Å²) in [5.74, 6) is -0.0368. The first-order valence-corrected chi connectivity index (χ1v) is 10.5. The van der Waals surface area contributed by atoms with Crippen LogP contribution in [-0.2, 0) is 21.2 Å². The van der Waals surface area contributed by atoms with Crippen LogP contribution in [0.1, 0.15) is 40.3 Å². The van der Waals surface area contributed by atoms with Crippen molar-refractivity contribution >= 4 is 27.3 Å². The van der Waals surface area contributed by atoms with E-state index in [2.05, 4.69) is 4.72 Å². The molecule has 2 aromatic carbocycles. The van der Waals surface area contributed by atoms with E-state index in [1.165, 1.54) is 6.92 Å². The average molecular weight is 387 g/mol. The van der Waals surface area contributed by atoms with Gasteiger partial charge in [-0.2, -0.15) is 0 Å². The Bertz CT molecular complexity index is 1030. The summed E-state index contributed by atoms with van der Waals surface area (Å²) in [6, 6.07) is 5.40. The predicted molar refractivity (Wildman–Crippen MR) is 109 cm³/mol. The quantitative estimate of drug-likeness (QED) is 0.869.